The first-order valence-corrected chi connectivity index (χ1v) is 7.58. The molecule has 0 aliphatic heterocycles. The molecular formula is C17H29NO3. The molecule has 0 amide bonds. The van der Waals surface area contributed by atoms with Crippen LogP contribution < -0.4 is 10.1 Å². The molecule has 1 atom stereocenters. The van der Waals surface area contributed by atoms with Crippen LogP contribution in [-0.2, 0) is 9.47 Å². The smallest absolute Gasteiger partial charge is 0.124 e. The zero-order valence-corrected chi connectivity index (χ0v) is 13.9. The molecule has 1 unspecified atom stereocenters. The zero-order valence-electron chi connectivity index (χ0n) is 13.9. The molecule has 0 heterocycles. The van der Waals surface area contributed by atoms with Crippen LogP contribution in [0.5, 0.6) is 5.75 Å². The van der Waals surface area contributed by atoms with Gasteiger partial charge in [-0.3, -0.25) is 0 Å². The molecule has 4 heteroatoms. The van der Waals surface area contributed by atoms with E-state index in [9.17, 15) is 0 Å². The van der Waals surface area contributed by atoms with E-state index in [1.165, 1.54) is 0 Å². The number of rotatable bonds is 9. The highest BCUT2D eigenvalue weighted by Gasteiger charge is 2.15. The third kappa shape index (κ3) is 6.93. The van der Waals surface area contributed by atoms with Gasteiger partial charge in [-0.25, -0.2) is 0 Å². The van der Waals surface area contributed by atoms with Crippen molar-refractivity contribution >= 4 is 0 Å². The molecule has 4 nitrogen and oxygen atoms in total. The third-order valence-corrected chi connectivity index (χ3v) is 2.99. The van der Waals surface area contributed by atoms with Crippen LogP contribution in [0.25, 0.3) is 0 Å². The maximum atomic E-state index is 5.73. The van der Waals surface area contributed by atoms with Crippen molar-refractivity contribution < 1.29 is 14.2 Å². The van der Waals surface area contributed by atoms with Crippen molar-refractivity contribution in [1.29, 1.82) is 0 Å². The molecule has 0 aliphatic carbocycles. The average molecular weight is 295 g/mol. The second kappa shape index (κ2) is 9.03. The van der Waals surface area contributed by atoms with Crippen LogP contribution in [-0.4, -0.2) is 39.1 Å². The Kier molecular flexibility index (Phi) is 7.72. The van der Waals surface area contributed by atoms with Gasteiger partial charge in [0.2, 0.25) is 0 Å². The van der Waals surface area contributed by atoms with Crippen molar-refractivity contribution in [1.82, 2.24) is 5.32 Å². The molecule has 1 N–H and O–H groups in total. The fraction of sp³-hybridized carbons (Fsp3) is 0.647. The van der Waals surface area contributed by atoms with Crippen molar-refractivity contribution in [3.8, 4) is 5.75 Å². The molecule has 0 spiro atoms. The lowest BCUT2D eigenvalue weighted by molar-refractivity contribution is -0.0372. The highest BCUT2D eigenvalue weighted by molar-refractivity contribution is 5.36. The average Bonchev–Trinajstić information content (AvgIpc) is 2.43. The Morgan fingerprint density at radius 1 is 1.14 bits per heavy atom. The Labute approximate surface area is 128 Å². The predicted octanol–water partition coefficient (Wildman–Crippen LogP) is 3.18. The highest BCUT2D eigenvalue weighted by atomic mass is 16.5. The summed E-state index contributed by atoms with van der Waals surface area (Å²) < 4.78 is 17.0. The first-order valence-electron chi connectivity index (χ1n) is 7.58. The minimum atomic E-state index is -0.118. The third-order valence-electron chi connectivity index (χ3n) is 2.99. The molecule has 0 fully saturated rings. The minimum absolute atomic E-state index is 0.113. The first-order chi connectivity index (χ1) is 9.98. The Balaban J connectivity index is 2.48. The van der Waals surface area contributed by atoms with Gasteiger partial charge in [0.05, 0.1) is 38.1 Å². The van der Waals surface area contributed by atoms with Crippen molar-refractivity contribution in [2.45, 2.75) is 39.3 Å². The van der Waals surface area contributed by atoms with Gasteiger partial charge in [0.25, 0.3) is 0 Å². The standard InChI is InChI=1S/C17H29NO3/c1-6-20-16-10-8-7-9-14(16)15(18-5)13-19-11-12-21-17(2,3)4/h7-10,15,18H,6,11-13H2,1-5H3. The quantitative estimate of drug-likeness (QED) is 0.710. The van der Waals surface area contributed by atoms with E-state index in [1.807, 2.05) is 52.9 Å². The van der Waals surface area contributed by atoms with Gasteiger partial charge in [0, 0.05) is 5.56 Å². The topological polar surface area (TPSA) is 39.7 Å². The maximum Gasteiger partial charge on any atom is 0.124 e. The molecule has 0 saturated heterocycles. The lowest BCUT2D eigenvalue weighted by atomic mass is 10.1. The van der Waals surface area contributed by atoms with Gasteiger partial charge >= 0.3 is 0 Å². The van der Waals surface area contributed by atoms with Crippen molar-refractivity contribution in [2.75, 3.05) is 33.5 Å². The summed E-state index contributed by atoms with van der Waals surface area (Å²) in [5.74, 6) is 0.911. The number of para-hydroxylation sites is 1. The van der Waals surface area contributed by atoms with Crippen molar-refractivity contribution in [2.24, 2.45) is 0 Å². The van der Waals surface area contributed by atoms with Crippen LogP contribution in [0.1, 0.15) is 39.3 Å². The van der Waals surface area contributed by atoms with E-state index < -0.39 is 0 Å². The molecule has 0 saturated carbocycles. The summed E-state index contributed by atoms with van der Waals surface area (Å²) in [7, 11) is 1.93. The van der Waals surface area contributed by atoms with E-state index in [-0.39, 0.29) is 11.6 Å². The predicted molar refractivity (Wildman–Crippen MR) is 85.9 cm³/mol. The monoisotopic (exact) mass is 295 g/mol. The van der Waals surface area contributed by atoms with Gasteiger partial charge in [-0.15, -0.1) is 0 Å². The maximum absolute atomic E-state index is 5.73. The Hall–Kier alpha value is -1.10. The molecule has 1 rings (SSSR count). The second-order valence-electron chi connectivity index (χ2n) is 5.85. The van der Waals surface area contributed by atoms with Crippen LogP contribution in [0.15, 0.2) is 24.3 Å². The van der Waals surface area contributed by atoms with Crippen molar-refractivity contribution in [3.63, 3.8) is 0 Å². The molecule has 0 aromatic heterocycles. The summed E-state index contributed by atoms with van der Waals surface area (Å²) in [6.07, 6.45) is 0. The van der Waals surface area contributed by atoms with Gasteiger partial charge in [-0.05, 0) is 40.8 Å². The summed E-state index contributed by atoms with van der Waals surface area (Å²) in [5.41, 5.74) is 1.01. The molecule has 0 radical (unpaired) electrons. The lowest BCUT2D eigenvalue weighted by Gasteiger charge is -2.22. The van der Waals surface area contributed by atoms with Gasteiger partial charge in [-0.1, -0.05) is 18.2 Å². The zero-order chi connectivity index (χ0) is 15.7. The summed E-state index contributed by atoms with van der Waals surface area (Å²) in [5, 5.41) is 3.28. The molecule has 120 valence electrons. The molecule has 0 bridgehead atoms. The van der Waals surface area contributed by atoms with Crippen LogP contribution in [0.2, 0.25) is 0 Å². The molecule has 21 heavy (non-hydrogen) atoms. The SMILES string of the molecule is CCOc1ccccc1C(COCCOC(C)(C)C)NC. The molecule has 0 aliphatic rings. The molecular weight excluding hydrogens is 266 g/mol. The van der Waals surface area contributed by atoms with Gasteiger partial charge in [0.1, 0.15) is 5.75 Å². The lowest BCUT2D eigenvalue weighted by Crippen LogP contribution is -2.25. The Morgan fingerprint density at radius 3 is 2.48 bits per heavy atom. The summed E-state index contributed by atoms with van der Waals surface area (Å²) >= 11 is 0. The van der Waals surface area contributed by atoms with Crippen LogP contribution in [0.4, 0.5) is 0 Å². The van der Waals surface area contributed by atoms with Crippen LogP contribution in [0.3, 0.4) is 0 Å². The Morgan fingerprint density at radius 2 is 1.86 bits per heavy atom. The largest absolute Gasteiger partial charge is 0.494 e. The molecule has 1 aromatic carbocycles. The van der Waals surface area contributed by atoms with E-state index in [0.29, 0.717) is 26.4 Å². The minimum Gasteiger partial charge on any atom is -0.494 e. The first kappa shape index (κ1) is 18.0. The number of likely N-dealkylation sites (N-methyl/N-ethyl adjacent to an activating group) is 1. The second-order valence-corrected chi connectivity index (χ2v) is 5.85. The van der Waals surface area contributed by atoms with Gasteiger partial charge in [0.15, 0.2) is 0 Å². The number of nitrogens with one attached hydrogen (secondary N) is 1. The van der Waals surface area contributed by atoms with E-state index in [2.05, 4.69) is 11.4 Å². The summed E-state index contributed by atoms with van der Waals surface area (Å²) in [4.78, 5) is 0. The van der Waals surface area contributed by atoms with Crippen molar-refractivity contribution in [3.05, 3.63) is 29.8 Å². The van der Waals surface area contributed by atoms with E-state index in [0.717, 1.165) is 11.3 Å². The summed E-state index contributed by atoms with van der Waals surface area (Å²) in [6.45, 7) is 10.6. The fourth-order valence-electron chi connectivity index (χ4n) is 1.99. The van der Waals surface area contributed by atoms with Gasteiger partial charge in [-0.2, -0.15) is 0 Å². The number of hydrogen-bond acceptors (Lipinski definition) is 4. The molecule has 1 aromatic rings. The summed E-state index contributed by atoms with van der Waals surface area (Å²) in [6, 6.07) is 8.18. The Bertz CT molecular complexity index is 401. The normalized spacial score (nSPS) is 13.2. The highest BCUT2D eigenvalue weighted by Crippen LogP contribution is 2.25. The van der Waals surface area contributed by atoms with E-state index >= 15 is 0 Å². The van der Waals surface area contributed by atoms with E-state index in [1.54, 1.807) is 0 Å². The van der Waals surface area contributed by atoms with E-state index in [4.69, 9.17) is 14.2 Å². The number of hydrogen-bond donors (Lipinski definition) is 1. The van der Waals surface area contributed by atoms with Gasteiger partial charge < -0.3 is 19.5 Å². The van der Waals surface area contributed by atoms with Crippen LogP contribution >= 0.6 is 0 Å². The van der Waals surface area contributed by atoms with Crippen LogP contribution in [0, 0.1) is 0 Å². The fourth-order valence-corrected chi connectivity index (χ4v) is 1.99. The number of ether oxygens (including phenoxy) is 3. The number of benzene rings is 1.